The summed E-state index contributed by atoms with van der Waals surface area (Å²) >= 11 is 0. The van der Waals surface area contributed by atoms with Crippen molar-refractivity contribution in [1.82, 2.24) is 15.0 Å². The third-order valence-electron chi connectivity index (χ3n) is 5.25. The lowest BCUT2D eigenvalue weighted by atomic mass is 10.0. The van der Waals surface area contributed by atoms with Crippen molar-refractivity contribution >= 4 is 5.91 Å². The van der Waals surface area contributed by atoms with Gasteiger partial charge in [-0.05, 0) is 55.2 Å². The van der Waals surface area contributed by atoms with Crippen molar-refractivity contribution in [2.75, 3.05) is 26.8 Å². The molecule has 3 aromatic rings. The topological polar surface area (TPSA) is 77.7 Å². The molecule has 1 unspecified atom stereocenters. The van der Waals surface area contributed by atoms with Crippen molar-refractivity contribution in [2.45, 2.75) is 19.8 Å². The van der Waals surface area contributed by atoms with Gasteiger partial charge in [0.15, 0.2) is 6.61 Å². The molecule has 0 saturated carbocycles. The lowest BCUT2D eigenvalue weighted by Gasteiger charge is -2.30. The van der Waals surface area contributed by atoms with Gasteiger partial charge in [-0.3, -0.25) is 4.79 Å². The van der Waals surface area contributed by atoms with Crippen LogP contribution in [0.1, 0.15) is 19.8 Å². The van der Waals surface area contributed by atoms with E-state index in [9.17, 15) is 4.79 Å². The maximum absolute atomic E-state index is 12.5. The largest absolute Gasteiger partial charge is 0.497 e. The number of methoxy groups -OCH3 is 1. The van der Waals surface area contributed by atoms with Crippen molar-refractivity contribution in [3.05, 3.63) is 48.5 Å². The molecule has 0 N–H and O–H groups in total. The van der Waals surface area contributed by atoms with Crippen LogP contribution in [0.2, 0.25) is 0 Å². The molecule has 1 aromatic heterocycles. The Balaban J connectivity index is 1.48. The van der Waals surface area contributed by atoms with Gasteiger partial charge in [0.1, 0.15) is 11.5 Å². The zero-order valence-electron chi connectivity index (χ0n) is 17.2. The minimum atomic E-state index is -0.00702. The second-order valence-electron chi connectivity index (χ2n) is 7.52. The standard InChI is InChI=1S/C23H25N3O4/c1-16-6-5-13-26(14-16)21(27)15-29-20-8-4-3-7-19(20)22-24-23(30-25-22)17-9-11-18(28-2)12-10-17/h3-4,7-12,16H,5-6,13-15H2,1-2H3. The third kappa shape index (κ3) is 4.45. The van der Waals surface area contributed by atoms with E-state index in [0.717, 1.165) is 30.8 Å². The van der Waals surface area contributed by atoms with Gasteiger partial charge in [-0.25, -0.2) is 0 Å². The van der Waals surface area contributed by atoms with Crippen molar-refractivity contribution in [3.63, 3.8) is 0 Å². The lowest BCUT2D eigenvalue weighted by molar-refractivity contribution is -0.135. The van der Waals surface area contributed by atoms with Crippen LogP contribution in [-0.4, -0.2) is 47.8 Å². The first kappa shape index (κ1) is 19.9. The number of amides is 1. The first-order chi connectivity index (χ1) is 14.6. The highest BCUT2D eigenvalue weighted by molar-refractivity contribution is 5.78. The molecule has 0 spiro atoms. The highest BCUT2D eigenvalue weighted by Crippen LogP contribution is 2.30. The molecular weight excluding hydrogens is 382 g/mol. The molecule has 0 bridgehead atoms. The maximum atomic E-state index is 12.5. The number of rotatable bonds is 6. The Morgan fingerprint density at radius 1 is 1.20 bits per heavy atom. The number of likely N-dealkylation sites (tertiary alicyclic amines) is 1. The van der Waals surface area contributed by atoms with Crippen molar-refractivity contribution in [2.24, 2.45) is 5.92 Å². The van der Waals surface area contributed by atoms with Crippen molar-refractivity contribution in [1.29, 1.82) is 0 Å². The normalized spacial score (nSPS) is 16.3. The van der Waals surface area contributed by atoms with E-state index in [1.165, 1.54) is 6.42 Å². The number of para-hydroxylation sites is 1. The number of ether oxygens (including phenoxy) is 2. The fraction of sp³-hybridized carbons (Fsp3) is 0.348. The van der Waals surface area contributed by atoms with Gasteiger partial charge in [-0.15, -0.1) is 0 Å². The van der Waals surface area contributed by atoms with Crippen LogP contribution in [0.5, 0.6) is 11.5 Å². The van der Waals surface area contributed by atoms with Gasteiger partial charge in [0, 0.05) is 18.7 Å². The fourth-order valence-electron chi connectivity index (χ4n) is 3.61. The summed E-state index contributed by atoms with van der Waals surface area (Å²) in [5.41, 5.74) is 1.48. The van der Waals surface area contributed by atoms with Crippen molar-refractivity contribution < 1.29 is 18.8 Å². The summed E-state index contributed by atoms with van der Waals surface area (Å²) in [6, 6.07) is 14.8. The Morgan fingerprint density at radius 3 is 2.77 bits per heavy atom. The molecule has 7 nitrogen and oxygen atoms in total. The summed E-state index contributed by atoms with van der Waals surface area (Å²) in [5, 5.41) is 4.10. The monoisotopic (exact) mass is 407 g/mol. The lowest BCUT2D eigenvalue weighted by Crippen LogP contribution is -2.41. The summed E-state index contributed by atoms with van der Waals surface area (Å²) in [6.07, 6.45) is 2.21. The van der Waals surface area contributed by atoms with E-state index >= 15 is 0 Å². The molecule has 1 aliphatic rings. The van der Waals surface area contributed by atoms with Crippen LogP contribution < -0.4 is 9.47 Å². The second kappa shape index (κ2) is 8.98. The summed E-state index contributed by atoms with van der Waals surface area (Å²) in [4.78, 5) is 18.9. The molecule has 1 saturated heterocycles. The van der Waals surface area contributed by atoms with Gasteiger partial charge in [0.25, 0.3) is 11.8 Å². The highest BCUT2D eigenvalue weighted by atomic mass is 16.5. The van der Waals surface area contributed by atoms with Crippen LogP contribution in [0.3, 0.4) is 0 Å². The van der Waals surface area contributed by atoms with Gasteiger partial charge in [-0.2, -0.15) is 4.98 Å². The number of piperidine rings is 1. The molecule has 0 radical (unpaired) electrons. The minimum Gasteiger partial charge on any atom is -0.497 e. The number of carbonyl (C=O) groups excluding carboxylic acids is 1. The summed E-state index contributed by atoms with van der Waals surface area (Å²) in [5.74, 6) is 2.66. The van der Waals surface area contributed by atoms with E-state index in [0.29, 0.717) is 28.9 Å². The average molecular weight is 407 g/mol. The fourth-order valence-corrected chi connectivity index (χ4v) is 3.61. The van der Waals surface area contributed by atoms with Gasteiger partial charge in [0.2, 0.25) is 5.82 Å². The molecule has 1 fully saturated rings. The van der Waals surface area contributed by atoms with Crippen LogP contribution in [-0.2, 0) is 4.79 Å². The minimum absolute atomic E-state index is 0.00314. The van der Waals surface area contributed by atoms with Gasteiger partial charge in [-0.1, -0.05) is 24.2 Å². The van der Waals surface area contributed by atoms with Crippen LogP contribution in [0.15, 0.2) is 53.1 Å². The zero-order valence-corrected chi connectivity index (χ0v) is 17.2. The van der Waals surface area contributed by atoms with Gasteiger partial charge in [0.05, 0.1) is 12.7 Å². The zero-order chi connectivity index (χ0) is 20.9. The first-order valence-corrected chi connectivity index (χ1v) is 10.1. The van der Waals surface area contributed by atoms with E-state index in [1.54, 1.807) is 7.11 Å². The van der Waals surface area contributed by atoms with Crippen LogP contribution in [0.25, 0.3) is 22.8 Å². The highest BCUT2D eigenvalue weighted by Gasteiger charge is 2.22. The summed E-state index contributed by atoms with van der Waals surface area (Å²) in [6.45, 7) is 3.75. The molecule has 30 heavy (non-hydrogen) atoms. The van der Waals surface area contributed by atoms with E-state index in [2.05, 4.69) is 17.1 Å². The Kier molecular flexibility index (Phi) is 5.97. The number of benzene rings is 2. The van der Waals surface area contributed by atoms with Crippen molar-refractivity contribution in [3.8, 4) is 34.3 Å². The van der Waals surface area contributed by atoms with E-state index in [1.807, 2.05) is 53.4 Å². The molecule has 2 heterocycles. The molecule has 4 rings (SSSR count). The summed E-state index contributed by atoms with van der Waals surface area (Å²) < 4.78 is 16.5. The number of nitrogens with zero attached hydrogens (tertiary/aromatic N) is 3. The first-order valence-electron chi connectivity index (χ1n) is 10.1. The molecule has 0 aliphatic carbocycles. The quantitative estimate of drug-likeness (QED) is 0.613. The predicted molar refractivity (Wildman–Crippen MR) is 112 cm³/mol. The SMILES string of the molecule is COc1ccc(-c2nc(-c3ccccc3OCC(=O)N3CCCC(C)C3)no2)cc1. The predicted octanol–water partition coefficient (Wildman–Crippen LogP) is 4.05. The average Bonchev–Trinajstić information content (AvgIpc) is 3.28. The molecule has 1 atom stereocenters. The van der Waals surface area contributed by atoms with E-state index in [-0.39, 0.29) is 12.5 Å². The number of carbonyl (C=O) groups is 1. The van der Waals surface area contributed by atoms with Crippen LogP contribution in [0, 0.1) is 5.92 Å². The molecule has 156 valence electrons. The molecule has 7 heteroatoms. The van der Waals surface area contributed by atoms with Crippen LogP contribution >= 0.6 is 0 Å². The second-order valence-corrected chi connectivity index (χ2v) is 7.52. The third-order valence-corrected chi connectivity index (χ3v) is 5.25. The Morgan fingerprint density at radius 2 is 2.00 bits per heavy atom. The molecular formula is C23H25N3O4. The number of aromatic nitrogens is 2. The van der Waals surface area contributed by atoms with Crippen LogP contribution in [0.4, 0.5) is 0 Å². The van der Waals surface area contributed by atoms with E-state index < -0.39 is 0 Å². The molecule has 1 amide bonds. The van der Waals surface area contributed by atoms with E-state index in [4.69, 9.17) is 14.0 Å². The summed E-state index contributed by atoms with van der Waals surface area (Å²) in [7, 11) is 1.62. The number of hydrogen-bond acceptors (Lipinski definition) is 6. The maximum Gasteiger partial charge on any atom is 0.260 e. The van der Waals surface area contributed by atoms with Gasteiger partial charge >= 0.3 is 0 Å². The smallest absolute Gasteiger partial charge is 0.260 e. The Labute approximate surface area is 175 Å². The number of hydrogen-bond donors (Lipinski definition) is 0. The molecule has 1 aliphatic heterocycles. The molecule has 2 aromatic carbocycles. The Bertz CT molecular complexity index is 1000. The Hall–Kier alpha value is -3.35. The van der Waals surface area contributed by atoms with Gasteiger partial charge < -0.3 is 18.9 Å².